The van der Waals surface area contributed by atoms with E-state index >= 15 is 0 Å². The Morgan fingerprint density at radius 2 is 2.00 bits per heavy atom. The predicted octanol–water partition coefficient (Wildman–Crippen LogP) is 5.25. The number of nitrogens with one attached hydrogen (secondary N) is 1. The summed E-state index contributed by atoms with van der Waals surface area (Å²) in [4.78, 5) is 31.7. The SMILES string of the molecule is CCC(C)(C)c1ccc2c(c1)N(Cc1nc(C(=O)N[C@@H](C)c3ccccc3)cs1)C(=O)CO2. The lowest BCUT2D eigenvalue weighted by atomic mass is 9.82. The Kier molecular flexibility index (Phi) is 6.51. The van der Waals surface area contributed by atoms with E-state index in [0.29, 0.717) is 23.0 Å². The summed E-state index contributed by atoms with van der Waals surface area (Å²) in [5.41, 5.74) is 3.29. The van der Waals surface area contributed by atoms with Crippen LogP contribution in [0.1, 0.15) is 66.8 Å². The van der Waals surface area contributed by atoms with Crippen molar-refractivity contribution in [1.82, 2.24) is 10.3 Å². The van der Waals surface area contributed by atoms with Crippen molar-refractivity contribution in [3.05, 3.63) is 75.7 Å². The molecule has 2 amide bonds. The highest BCUT2D eigenvalue weighted by molar-refractivity contribution is 7.09. The maximum atomic E-state index is 12.7. The molecule has 2 heterocycles. The second-order valence-electron chi connectivity index (χ2n) is 8.92. The quantitative estimate of drug-likeness (QED) is 0.520. The highest BCUT2D eigenvalue weighted by atomic mass is 32.1. The van der Waals surface area contributed by atoms with Gasteiger partial charge in [-0.1, -0.05) is 57.2 Å². The molecule has 0 saturated carbocycles. The van der Waals surface area contributed by atoms with Crippen molar-refractivity contribution in [1.29, 1.82) is 0 Å². The number of rotatable bonds is 7. The molecular weight excluding hydrogens is 434 g/mol. The van der Waals surface area contributed by atoms with Gasteiger partial charge in [0.05, 0.1) is 18.3 Å². The smallest absolute Gasteiger partial charge is 0.271 e. The largest absolute Gasteiger partial charge is 0.482 e. The van der Waals surface area contributed by atoms with Gasteiger partial charge >= 0.3 is 0 Å². The van der Waals surface area contributed by atoms with Gasteiger partial charge in [-0.3, -0.25) is 14.5 Å². The van der Waals surface area contributed by atoms with Gasteiger partial charge in [-0.25, -0.2) is 4.98 Å². The van der Waals surface area contributed by atoms with Gasteiger partial charge in [-0.15, -0.1) is 11.3 Å². The van der Waals surface area contributed by atoms with Gasteiger partial charge in [-0.2, -0.15) is 0 Å². The molecule has 0 radical (unpaired) electrons. The molecule has 2 aromatic carbocycles. The number of carbonyl (C=O) groups is 2. The van der Waals surface area contributed by atoms with Crippen molar-refractivity contribution in [2.75, 3.05) is 11.5 Å². The van der Waals surface area contributed by atoms with Crippen LogP contribution in [0.15, 0.2) is 53.9 Å². The van der Waals surface area contributed by atoms with E-state index in [-0.39, 0.29) is 29.9 Å². The molecule has 1 atom stereocenters. The molecule has 1 aliphatic heterocycles. The van der Waals surface area contributed by atoms with E-state index in [9.17, 15) is 9.59 Å². The van der Waals surface area contributed by atoms with Crippen LogP contribution in [-0.4, -0.2) is 23.4 Å². The molecule has 0 unspecified atom stereocenters. The molecule has 1 aliphatic rings. The first kappa shape index (κ1) is 23.0. The molecule has 33 heavy (non-hydrogen) atoms. The Balaban J connectivity index is 1.52. The van der Waals surface area contributed by atoms with Gasteiger partial charge in [0.15, 0.2) is 6.61 Å². The van der Waals surface area contributed by atoms with Crippen LogP contribution in [-0.2, 0) is 16.8 Å². The highest BCUT2D eigenvalue weighted by Gasteiger charge is 2.29. The van der Waals surface area contributed by atoms with Crippen molar-refractivity contribution in [2.24, 2.45) is 0 Å². The van der Waals surface area contributed by atoms with Crippen LogP contribution in [0.5, 0.6) is 5.75 Å². The number of nitrogens with zero attached hydrogens (tertiary/aromatic N) is 2. The minimum Gasteiger partial charge on any atom is -0.482 e. The van der Waals surface area contributed by atoms with Gasteiger partial charge in [0.2, 0.25) is 0 Å². The fourth-order valence-corrected chi connectivity index (χ4v) is 4.48. The molecular formula is C26H29N3O3S. The van der Waals surface area contributed by atoms with E-state index in [4.69, 9.17) is 4.74 Å². The normalized spacial score (nSPS) is 14.4. The van der Waals surface area contributed by atoms with Crippen molar-refractivity contribution in [3.63, 3.8) is 0 Å². The van der Waals surface area contributed by atoms with Crippen LogP contribution in [0, 0.1) is 0 Å². The second kappa shape index (κ2) is 9.35. The Labute approximate surface area is 198 Å². The van der Waals surface area contributed by atoms with Gasteiger partial charge in [-0.05, 0) is 42.0 Å². The van der Waals surface area contributed by atoms with E-state index in [0.717, 1.165) is 23.2 Å². The number of benzene rings is 2. The zero-order chi connectivity index (χ0) is 23.6. The standard InChI is InChI=1S/C26H29N3O3S/c1-5-26(3,4)19-11-12-22-21(13-19)29(24(30)15-32-22)14-23-28-20(16-33-23)25(31)27-17(2)18-9-7-6-8-10-18/h6-13,16-17H,5,14-15H2,1-4H3,(H,27,31)/t17-/m0/s1. The molecule has 7 heteroatoms. The molecule has 172 valence electrons. The average Bonchev–Trinajstić information content (AvgIpc) is 3.30. The van der Waals surface area contributed by atoms with Gasteiger partial charge in [0, 0.05) is 5.38 Å². The Morgan fingerprint density at radius 3 is 2.73 bits per heavy atom. The number of ether oxygens (including phenoxy) is 1. The summed E-state index contributed by atoms with van der Waals surface area (Å²) < 4.78 is 5.66. The lowest BCUT2D eigenvalue weighted by molar-refractivity contribution is -0.121. The van der Waals surface area contributed by atoms with E-state index in [1.165, 1.54) is 11.3 Å². The first-order valence-electron chi connectivity index (χ1n) is 11.2. The number of hydrogen-bond acceptors (Lipinski definition) is 5. The number of thiazole rings is 1. The van der Waals surface area contributed by atoms with E-state index in [1.54, 1.807) is 10.3 Å². The first-order valence-corrected chi connectivity index (χ1v) is 12.0. The molecule has 0 saturated heterocycles. The van der Waals surface area contributed by atoms with Gasteiger partial charge in [0.25, 0.3) is 11.8 Å². The van der Waals surface area contributed by atoms with E-state index < -0.39 is 0 Å². The maximum absolute atomic E-state index is 12.7. The zero-order valence-electron chi connectivity index (χ0n) is 19.4. The topological polar surface area (TPSA) is 71.5 Å². The molecule has 1 N–H and O–H groups in total. The summed E-state index contributed by atoms with van der Waals surface area (Å²) in [5, 5.41) is 5.43. The molecule has 6 nitrogen and oxygen atoms in total. The van der Waals surface area contributed by atoms with Crippen molar-refractivity contribution < 1.29 is 14.3 Å². The second-order valence-corrected chi connectivity index (χ2v) is 9.86. The van der Waals surface area contributed by atoms with Crippen molar-refractivity contribution in [3.8, 4) is 5.75 Å². The monoisotopic (exact) mass is 463 g/mol. The van der Waals surface area contributed by atoms with Crippen LogP contribution in [0.2, 0.25) is 0 Å². The Morgan fingerprint density at radius 1 is 1.24 bits per heavy atom. The number of aromatic nitrogens is 1. The molecule has 0 fully saturated rings. The molecule has 3 aromatic rings. The number of hydrogen-bond donors (Lipinski definition) is 1. The fraction of sp³-hybridized carbons (Fsp3) is 0.346. The summed E-state index contributed by atoms with van der Waals surface area (Å²) in [6.07, 6.45) is 0.979. The summed E-state index contributed by atoms with van der Waals surface area (Å²) in [7, 11) is 0. The van der Waals surface area contributed by atoms with Gasteiger partial charge < -0.3 is 10.1 Å². The van der Waals surface area contributed by atoms with Crippen LogP contribution in [0.3, 0.4) is 0 Å². The highest BCUT2D eigenvalue weighted by Crippen LogP contribution is 2.38. The van der Waals surface area contributed by atoms with Crippen LogP contribution >= 0.6 is 11.3 Å². The van der Waals surface area contributed by atoms with Crippen LogP contribution in [0.25, 0.3) is 0 Å². The first-order chi connectivity index (χ1) is 15.8. The lowest BCUT2D eigenvalue weighted by Gasteiger charge is -2.31. The van der Waals surface area contributed by atoms with Crippen molar-refractivity contribution in [2.45, 2.75) is 52.1 Å². The Bertz CT molecular complexity index is 1160. The lowest BCUT2D eigenvalue weighted by Crippen LogP contribution is -2.38. The van der Waals surface area contributed by atoms with Crippen molar-refractivity contribution >= 4 is 28.8 Å². The molecule has 0 aliphatic carbocycles. The van der Waals surface area contributed by atoms with Gasteiger partial charge in [0.1, 0.15) is 16.5 Å². The zero-order valence-corrected chi connectivity index (χ0v) is 20.2. The number of amides is 2. The van der Waals surface area contributed by atoms with E-state index in [1.807, 2.05) is 49.4 Å². The van der Waals surface area contributed by atoms with Crippen LogP contribution in [0.4, 0.5) is 5.69 Å². The van der Waals surface area contributed by atoms with Crippen LogP contribution < -0.4 is 15.0 Å². The maximum Gasteiger partial charge on any atom is 0.271 e. The minimum atomic E-state index is -0.227. The number of anilines is 1. The number of fused-ring (bicyclic) bond motifs is 1. The van der Waals surface area contributed by atoms with E-state index in [2.05, 4.69) is 37.1 Å². The molecule has 1 aromatic heterocycles. The third-order valence-electron chi connectivity index (χ3n) is 6.29. The summed E-state index contributed by atoms with van der Waals surface area (Å²) >= 11 is 1.38. The Hall–Kier alpha value is -3.19. The number of carbonyl (C=O) groups excluding carboxylic acids is 2. The molecule has 0 bridgehead atoms. The molecule has 0 spiro atoms. The average molecular weight is 464 g/mol. The summed E-state index contributed by atoms with van der Waals surface area (Å²) in [6, 6.07) is 15.7. The third kappa shape index (κ3) is 4.93. The third-order valence-corrected chi connectivity index (χ3v) is 7.13. The fourth-order valence-electron chi connectivity index (χ4n) is 3.72. The summed E-state index contributed by atoms with van der Waals surface area (Å²) in [5.74, 6) is 0.346. The predicted molar refractivity (Wildman–Crippen MR) is 131 cm³/mol. The minimum absolute atomic E-state index is 0.00315. The summed E-state index contributed by atoms with van der Waals surface area (Å²) in [6.45, 7) is 8.77. The molecule has 4 rings (SSSR count).